The van der Waals surface area contributed by atoms with Gasteiger partial charge in [0.1, 0.15) is 0 Å². The number of halogens is 2. The quantitative estimate of drug-likeness (QED) is 0.797. The summed E-state index contributed by atoms with van der Waals surface area (Å²) in [4.78, 5) is 0. The molecule has 0 amide bonds. The first-order chi connectivity index (χ1) is 8.12. The summed E-state index contributed by atoms with van der Waals surface area (Å²) in [6.07, 6.45) is 6.60. The highest BCUT2D eigenvalue weighted by Crippen LogP contribution is 2.48. The average molecular weight is 243 g/mol. The van der Waals surface area contributed by atoms with Gasteiger partial charge in [-0.15, -0.1) is 0 Å². The van der Waals surface area contributed by atoms with Gasteiger partial charge in [0.15, 0.2) is 0 Å². The zero-order chi connectivity index (χ0) is 11.9. The van der Waals surface area contributed by atoms with Crippen molar-refractivity contribution in [1.29, 1.82) is 0 Å². The molecule has 1 N–H and O–H groups in total. The molecule has 0 heterocycles. The van der Waals surface area contributed by atoms with Crippen LogP contribution in [0.25, 0.3) is 0 Å². The lowest BCUT2D eigenvalue weighted by Crippen LogP contribution is -2.30. The first kappa shape index (κ1) is 11.9. The summed E-state index contributed by atoms with van der Waals surface area (Å²) in [6.45, 7) is 1.88. The van der Waals surface area contributed by atoms with Gasteiger partial charge in [0.05, 0.1) is 0 Å². The minimum absolute atomic E-state index is 0.105. The molecule has 1 nitrogen and oxygen atoms in total. The third-order valence-corrected chi connectivity index (χ3v) is 5.23. The molecule has 3 saturated carbocycles. The minimum atomic E-state index is -2.38. The summed E-state index contributed by atoms with van der Waals surface area (Å²) in [5, 5.41) is 3.46. The van der Waals surface area contributed by atoms with Crippen LogP contribution < -0.4 is 5.32 Å². The van der Waals surface area contributed by atoms with Crippen LogP contribution in [-0.4, -0.2) is 19.0 Å². The normalized spacial score (nSPS) is 43.4. The molecule has 3 rings (SSSR count). The molecule has 0 radical (unpaired) electrons. The Morgan fingerprint density at radius 3 is 2.53 bits per heavy atom. The van der Waals surface area contributed by atoms with E-state index in [0.717, 1.165) is 30.8 Å². The van der Waals surface area contributed by atoms with E-state index in [1.807, 2.05) is 0 Å². The molecule has 0 saturated heterocycles. The van der Waals surface area contributed by atoms with Crippen molar-refractivity contribution in [1.82, 2.24) is 5.32 Å². The topological polar surface area (TPSA) is 12.0 Å². The maximum Gasteiger partial charge on any atom is 0.248 e. The van der Waals surface area contributed by atoms with Crippen molar-refractivity contribution in [2.45, 2.75) is 50.9 Å². The third-order valence-electron chi connectivity index (χ3n) is 5.23. The van der Waals surface area contributed by atoms with Gasteiger partial charge >= 0.3 is 0 Å². The number of hydrogen-bond acceptors (Lipinski definition) is 1. The van der Waals surface area contributed by atoms with Gasteiger partial charge in [0, 0.05) is 12.8 Å². The zero-order valence-electron chi connectivity index (χ0n) is 10.4. The Morgan fingerprint density at radius 1 is 1.06 bits per heavy atom. The molecule has 3 aliphatic carbocycles. The summed E-state index contributed by atoms with van der Waals surface area (Å²) in [6, 6.07) is 0. The standard InChI is InChI=1S/C14H23F2N/c15-14(16)4-3-11(7-14)8-17-9-13-6-10-1-2-12(13)5-10/h10-13,17H,1-9H2. The van der Waals surface area contributed by atoms with E-state index >= 15 is 0 Å². The van der Waals surface area contributed by atoms with E-state index in [1.54, 1.807) is 0 Å². The zero-order valence-corrected chi connectivity index (χ0v) is 10.4. The average Bonchev–Trinajstić information content (AvgIpc) is 2.93. The predicted molar refractivity (Wildman–Crippen MR) is 64.1 cm³/mol. The molecular weight excluding hydrogens is 220 g/mol. The lowest BCUT2D eigenvalue weighted by atomic mass is 9.89. The second-order valence-corrected chi connectivity index (χ2v) is 6.56. The monoisotopic (exact) mass is 243 g/mol. The Balaban J connectivity index is 1.36. The van der Waals surface area contributed by atoms with E-state index in [-0.39, 0.29) is 18.8 Å². The van der Waals surface area contributed by atoms with Crippen LogP contribution in [0.4, 0.5) is 8.78 Å². The van der Waals surface area contributed by atoms with Crippen LogP contribution >= 0.6 is 0 Å². The van der Waals surface area contributed by atoms with Crippen molar-refractivity contribution in [2.24, 2.45) is 23.7 Å². The molecule has 4 atom stereocenters. The molecular formula is C14H23F2N. The van der Waals surface area contributed by atoms with Crippen molar-refractivity contribution in [3.8, 4) is 0 Å². The molecule has 3 fully saturated rings. The van der Waals surface area contributed by atoms with Crippen molar-refractivity contribution in [3.05, 3.63) is 0 Å². The number of hydrogen-bond donors (Lipinski definition) is 1. The summed E-state index contributed by atoms with van der Waals surface area (Å²) < 4.78 is 26.0. The van der Waals surface area contributed by atoms with E-state index in [0.29, 0.717) is 6.42 Å². The number of fused-ring (bicyclic) bond motifs is 2. The molecule has 2 bridgehead atoms. The molecule has 0 spiro atoms. The van der Waals surface area contributed by atoms with E-state index in [4.69, 9.17) is 0 Å². The fourth-order valence-electron chi connectivity index (χ4n) is 4.32. The van der Waals surface area contributed by atoms with Crippen molar-refractivity contribution in [2.75, 3.05) is 13.1 Å². The Morgan fingerprint density at radius 2 is 1.94 bits per heavy atom. The van der Waals surface area contributed by atoms with E-state index in [9.17, 15) is 8.78 Å². The van der Waals surface area contributed by atoms with Gasteiger partial charge in [-0.25, -0.2) is 8.78 Å². The van der Waals surface area contributed by atoms with Gasteiger partial charge in [-0.05, 0) is 62.4 Å². The predicted octanol–water partition coefficient (Wildman–Crippen LogP) is 3.45. The highest BCUT2D eigenvalue weighted by Gasteiger charge is 2.40. The van der Waals surface area contributed by atoms with Crippen LogP contribution in [0.3, 0.4) is 0 Å². The number of alkyl halides is 2. The summed E-state index contributed by atoms with van der Waals surface area (Å²) in [5.41, 5.74) is 0. The Kier molecular flexibility index (Phi) is 3.14. The SMILES string of the molecule is FC1(F)CCC(CNCC2CC3CCC2C3)C1. The number of rotatable bonds is 4. The van der Waals surface area contributed by atoms with Crippen molar-refractivity contribution < 1.29 is 8.78 Å². The van der Waals surface area contributed by atoms with Crippen LogP contribution in [0, 0.1) is 23.7 Å². The first-order valence-corrected chi connectivity index (χ1v) is 7.21. The molecule has 0 aliphatic heterocycles. The smallest absolute Gasteiger partial charge is 0.248 e. The van der Waals surface area contributed by atoms with Gasteiger partial charge in [-0.3, -0.25) is 0 Å². The van der Waals surface area contributed by atoms with Gasteiger partial charge in [0.25, 0.3) is 0 Å². The summed E-state index contributed by atoms with van der Waals surface area (Å²) in [5.74, 6) is 0.609. The highest BCUT2D eigenvalue weighted by molar-refractivity contribution is 4.91. The van der Waals surface area contributed by atoms with Gasteiger partial charge in [-0.1, -0.05) is 6.42 Å². The molecule has 0 aromatic carbocycles. The molecule has 0 aromatic heterocycles. The Bertz CT molecular complexity index is 279. The van der Waals surface area contributed by atoms with Crippen LogP contribution in [-0.2, 0) is 0 Å². The second kappa shape index (κ2) is 4.49. The summed E-state index contributed by atoms with van der Waals surface area (Å²) in [7, 11) is 0. The van der Waals surface area contributed by atoms with Crippen LogP contribution in [0.15, 0.2) is 0 Å². The largest absolute Gasteiger partial charge is 0.316 e. The lowest BCUT2D eigenvalue weighted by molar-refractivity contribution is 0.00504. The third kappa shape index (κ3) is 2.64. The van der Waals surface area contributed by atoms with Crippen LogP contribution in [0.2, 0.25) is 0 Å². The van der Waals surface area contributed by atoms with Crippen molar-refractivity contribution in [3.63, 3.8) is 0 Å². The van der Waals surface area contributed by atoms with Gasteiger partial charge in [-0.2, -0.15) is 0 Å². The van der Waals surface area contributed by atoms with Gasteiger partial charge in [0.2, 0.25) is 5.92 Å². The Labute approximate surface area is 102 Å². The van der Waals surface area contributed by atoms with E-state index in [2.05, 4.69) is 5.32 Å². The van der Waals surface area contributed by atoms with E-state index < -0.39 is 5.92 Å². The maximum atomic E-state index is 13.0. The maximum absolute atomic E-state index is 13.0. The lowest BCUT2D eigenvalue weighted by Gasteiger charge is -2.22. The fourth-order valence-corrected chi connectivity index (χ4v) is 4.32. The minimum Gasteiger partial charge on any atom is -0.316 e. The number of nitrogens with one attached hydrogen (secondary N) is 1. The molecule has 3 heteroatoms. The molecule has 3 aliphatic rings. The van der Waals surface area contributed by atoms with Crippen LogP contribution in [0.1, 0.15) is 44.9 Å². The molecule has 0 aromatic rings. The van der Waals surface area contributed by atoms with Crippen molar-refractivity contribution >= 4 is 0 Å². The highest BCUT2D eigenvalue weighted by atomic mass is 19.3. The Hall–Kier alpha value is -0.180. The second-order valence-electron chi connectivity index (χ2n) is 6.56. The van der Waals surface area contributed by atoms with Crippen LogP contribution in [0.5, 0.6) is 0 Å². The first-order valence-electron chi connectivity index (χ1n) is 7.21. The van der Waals surface area contributed by atoms with E-state index in [1.165, 1.54) is 25.7 Å². The fraction of sp³-hybridized carbons (Fsp3) is 1.00. The summed E-state index contributed by atoms with van der Waals surface area (Å²) >= 11 is 0. The van der Waals surface area contributed by atoms with Gasteiger partial charge < -0.3 is 5.32 Å². The molecule has 17 heavy (non-hydrogen) atoms. The molecule has 98 valence electrons. The molecule has 4 unspecified atom stereocenters.